The van der Waals surface area contributed by atoms with Crippen molar-refractivity contribution in [3.8, 4) is 11.5 Å². The zero-order valence-electron chi connectivity index (χ0n) is 16.0. The van der Waals surface area contributed by atoms with Crippen LogP contribution in [0, 0.1) is 0 Å². The molecule has 26 heavy (non-hydrogen) atoms. The third kappa shape index (κ3) is 6.10. The zero-order chi connectivity index (χ0) is 18.8. The first-order chi connectivity index (χ1) is 12.6. The van der Waals surface area contributed by atoms with Crippen molar-refractivity contribution in [3.05, 3.63) is 59.7 Å². The van der Waals surface area contributed by atoms with Crippen molar-refractivity contribution >= 4 is 5.91 Å². The summed E-state index contributed by atoms with van der Waals surface area (Å²) in [6, 6.07) is 15.9. The SMILES string of the molecule is CCOc1ccccc1CCCNC(=O)COc1ccccc1C(C)C. The molecule has 0 bridgehead atoms. The lowest BCUT2D eigenvalue weighted by atomic mass is 10.0. The Hall–Kier alpha value is -2.49. The Bertz CT molecular complexity index is 697. The van der Waals surface area contributed by atoms with Gasteiger partial charge in [-0.1, -0.05) is 50.2 Å². The highest BCUT2D eigenvalue weighted by molar-refractivity contribution is 5.77. The van der Waals surface area contributed by atoms with Crippen molar-refractivity contribution in [2.45, 2.75) is 39.5 Å². The van der Waals surface area contributed by atoms with Crippen LogP contribution < -0.4 is 14.8 Å². The predicted octanol–water partition coefficient (Wildman–Crippen LogP) is 4.34. The first-order valence-electron chi connectivity index (χ1n) is 9.31. The summed E-state index contributed by atoms with van der Waals surface area (Å²) in [5, 5.41) is 2.92. The second kappa shape index (κ2) is 10.5. The van der Waals surface area contributed by atoms with E-state index >= 15 is 0 Å². The van der Waals surface area contributed by atoms with Gasteiger partial charge in [-0.05, 0) is 48.9 Å². The number of amides is 1. The van der Waals surface area contributed by atoms with Crippen LogP contribution in [0.4, 0.5) is 0 Å². The number of hydrogen-bond donors (Lipinski definition) is 1. The lowest BCUT2D eigenvalue weighted by Gasteiger charge is -2.14. The normalized spacial score (nSPS) is 10.6. The lowest BCUT2D eigenvalue weighted by molar-refractivity contribution is -0.123. The van der Waals surface area contributed by atoms with Gasteiger partial charge >= 0.3 is 0 Å². The highest BCUT2D eigenvalue weighted by atomic mass is 16.5. The van der Waals surface area contributed by atoms with Gasteiger partial charge in [-0.25, -0.2) is 0 Å². The van der Waals surface area contributed by atoms with E-state index < -0.39 is 0 Å². The Kier molecular flexibility index (Phi) is 8.00. The van der Waals surface area contributed by atoms with Crippen molar-refractivity contribution in [2.24, 2.45) is 0 Å². The van der Waals surface area contributed by atoms with Gasteiger partial charge in [0.25, 0.3) is 5.91 Å². The molecule has 4 heteroatoms. The maximum Gasteiger partial charge on any atom is 0.257 e. The van der Waals surface area contributed by atoms with Crippen LogP contribution in [-0.2, 0) is 11.2 Å². The number of aryl methyl sites for hydroxylation is 1. The highest BCUT2D eigenvalue weighted by Crippen LogP contribution is 2.25. The second-order valence-electron chi connectivity index (χ2n) is 6.48. The van der Waals surface area contributed by atoms with Gasteiger partial charge in [-0.2, -0.15) is 0 Å². The molecule has 0 unspecified atom stereocenters. The molecule has 1 N–H and O–H groups in total. The number of carbonyl (C=O) groups is 1. The largest absolute Gasteiger partial charge is 0.494 e. The van der Waals surface area contributed by atoms with Gasteiger partial charge in [-0.3, -0.25) is 4.79 Å². The van der Waals surface area contributed by atoms with E-state index in [-0.39, 0.29) is 12.5 Å². The molecule has 0 fully saturated rings. The van der Waals surface area contributed by atoms with Gasteiger partial charge in [0.2, 0.25) is 0 Å². The van der Waals surface area contributed by atoms with Crippen LogP contribution in [0.3, 0.4) is 0 Å². The van der Waals surface area contributed by atoms with Gasteiger partial charge < -0.3 is 14.8 Å². The fraction of sp³-hybridized carbons (Fsp3) is 0.409. The monoisotopic (exact) mass is 355 g/mol. The smallest absolute Gasteiger partial charge is 0.257 e. The van der Waals surface area contributed by atoms with E-state index in [9.17, 15) is 4.79 Å². The first kappa shape index (κ1) is 19.8. The van der Waals surface area contributed by atoms with E-state index in [0.29, 0.717) is 19.1 Å². The van der Waals surface area contributed by atoms with Crippen molar-refractivity contribution in [1.29, 1.82) is 0 Å². The number of nitrogens with one attached hydrogen (secondary N) is 1. The molecule has 0 aliphatic rings. The summed E-state index contributed by atoms with van der Waals surface area (Å²) < 4.78 is 11.3. The lowest BCUT2D eigenvalue weighted by Crippen LogP contribution is -2.30. The number of hydrogen-bond acceptors (Lipinski definition) is 3. The summed E-state index contributed by atoms with van der Waals surface area (Å²) in [5.74, 6) is 1.97. The number of para-hydroxylation sites is 2. The fourth-order valence-corrected chi connectivity index (χ4v) is 2.80. The Morgan fingerprint density at radius 3 is 2.42 bits per heavy atom. The summed E-state index contributed by atoms with van der Waals surface area (Å²) in [7, 11) is 0. The van der Waals surface area contributed by atoms with Crippen molar-refractivity contribution in [2.75, 3.05) is 19.8 Å². The van der Waals surface area contributed by atoms with Crippen LogP contribution in [0.15, 0.2) is 48.5 Å². The van der Waals surface area contributed by atoms with E-state index in [1.165, 1.54) is 5.56 Å². The van der Waals surface area contributed by atoms with Gasteiger partial charge in [0.15, 0.2) is 6.61 Å². The number of benzene rings is 2. The summed E-state index contributed by atoms with van der Waals surface area (Å²) in [4.78, 5) is 12.0. The molecule has 4 nitrogen and oxygen atoms in total. The molecule has 0 radical (unpaired) electrons. The minimum Gasteiger partial charge on any atom is -0.494 e. The zero-order valence-corrected chi connectivity index (χ0v) is 16.0. The minimum absolute atomic E-state index is 0.0409. The third-order valence-corrected chi connectivity index (χ3v) is 4.12. The second-order valence-corrected chi connectivity index (χ2v) is 6.48. The topological polar surface area (TPSA) is 47.6 Å². The van der Waals surface area contributed by atoms with Crippen LogP contribution in [0.25, 0.3) is 0 Å². The molecule has 0 aliphatic carbocycles. The van der Waals surface area contributed by atoms with Crippen LogP contribution in [0.5, 0.6) is 11.5 Å². The van der Waals surface area contributed by atoms with Crippen LogP contribution >= 0.6 is 0 Å². The molecule has 2 aromatic rings. The molecule has 140 valence electrons. The first-order valence-corrected chi connectivity index (χ1v) is 9.31. The van der Waals surface area contributed by atoms with E-state index in [0.717, 1.165) is 29.9 Å². The Labute approximate surface area is 156 Å². The maximum absolute atomic E-state index is 12.0. The van der Waals surface area contributed by atoms with Crippen LogP contribution in [0.1, 0.15) is 44.2 Å². The minimum atomic E-state index is -0.0957. The molecule has 2 rings (SSSR count). The summed E-state index contributed by atoms with van der Waals surface area (Å²) in [6.45, 7) is 7.52. The molecule has 0 saturated heterocycles. The van der Waals surface area contributed by atoms with Crippen LogP contribution in [0.2, 0.25) is 0 Å². The Balaban J connectivity index is 1.73. The summed E-state index contributed by atoms with van der Waals surface area (Å²) >= 11 is 0. The number of rotatable bonds is 10. The van der Waals surface area contributed by atoms with E-state index in [2.05, 4.69) is 25.2 Å². The molecule has 0 saturated carbocycles. The van der Waals surface area contributed by atoms with E-state index in [1.807, 2.05) is 49.4 Å². The molecule has 0 spiro atoms. The number of ether oxygens (including phenoxy) is 2. The van der Waals surface area contributed by atoms with Gasteiger partial charge in [0.05, 0.1) is 6.61 Å². The van der Waals surface area contributed by atoms with E-state index in [4.69, 9.17) is 9.47 Å². The van der Waals surface area contributed by atoms with E-state index in [1.54, 1.807) is 0 Å². The average Bonchev–Trinajstić information content (AvgIpc) is 2.65. The maximum atomic E-state index is 12.0. The molecular weight excluding hydrogens is 326 g/mol. The summed E-state index contributed by atoms with van der Waals surface area (Å²) in [5.41, 5.74) is 2.29. The predicted molar refractivity (Wildman–Crippen MR) is 105 cm³/mol. The molecule has 2 aromatic carbocycles. The highest BCUT2D eigenvalue weighted by Gasteiger charge is 2.09. The molecule has 0 atom stereocenters. The Morgan fingerprint density at radius 2 is 1.69 bits per heavy atom. The number of carbonyl (C=O) groups excluding carboxylic acids is 1. The Morgan fingerprint density at radius 1 is 1.00 bits per heavy atom. The quantitative estimate of drug-likeness (QED) is 0.645. The molecule has 0 heterocycles. The van der Waals surface area contributed by atoms with Crippen molar-refractivity contribution in [3.63, 3.8) is 0 Å². The van der Waals surface area contributed by atoms with Gasteiger partial charge in [-0.15, -0.1) is 0 Å². The van der Waals surface area contributed by atoms with Gasteiger partial charge in [0, 0.05) is 6.54 Å². The molecule has 1 amide bonds. The van der Waals surface area contributed by atoms with Crippen molar-refractivity contribution < 1.29 is 14.3 Å². The van der Waals surface area contributed by atoms with Crippen LogP contribution in [-0.4, -0.2) is 25.7 Å². The summed E-state index contributed by atoms with van der Waals surface area (Å²) in [6.07, 6.45) is 1.73. The van der Waals surface area contributed by atoms with Crippen molar-refractivity contribution in [1.82, 2.24) is 5.32 Å². The fourth-order valence-electron chi connectivity index (χ4n) is 2.80. The average molecular weight is 355 g/mol. The third-order valence-electron chi connectivity index (χ3n) is 4.12. The molecule has 0 aromatic heterocycles. The molecular formula is C22H29NO3. The molecule has 0 aliphatic heterocycles. The van der Waals surface area contributed by atoms with Gasteiger partial charge in [0.1, 0.15) is 11.5 Å². The standard InChI is InChI=1S/C22H29NO3/c1-4-25-20-13-7-5-10-18(20)11-9-15-23-22(24)16-26-21-14-8-6-12-19(21)17(2)3/h5-8,10,12-14,17H,4,9,11,15-16H2,1-3H3,(H,23,24).